The number of hydrogen-bond donors (Lipinski definition) is 1. The third-order valence-electron chi connectivity index (χ3n) is 3.00. The van der Waals surface area contributed by atoms with Crippen LogP contribution < -0.4 is 5.73 Å². The van der Waals surface area contributed by atoms with Crippen LogP contribution in [0, 0.1) is 11.8 Å². The first-order valence-corrected chi connectivity index (χ1v) is 6.11. The smallest absolute Gasteiger partial charge is 0.227 e. The Bertz CT molecular complexity index is 333. The first-order valence-electron chi connectivity index (χ1n) is 6.11. The maximum atomic E-state index is 12.3. The molecule has 1 aromatic rings. The molecule has 0 bridgehead atoms. The molecule has 0 saturated carbocycles. The molecule has 1 rings (SSSR count). The molecule has 0 spiro atoms. The van der Waals surface area contributed by atoms with Gasteiger partial charge in [-0.05, 0) is 25.0 Å². The molecule has 1 aromatic heterocycles. The van der Waals surface area contributed by atoms with Crippen molar-refractivity contribution in [1.82, 2.24) is 4.90 Å². The van der Waals surface area contributed by atoms with Gasteiger partial charge in [0.05, 0.1) is 18.7 Å². The van der Waals surface area contributed by atoms with Gasteiger partial charge in [0.2, 0.25) is 5.91 Å². The van der Waals surface area contributed by atoms with Gasteiger partial charge in [0.1, 0.15) is 5.76 Å². The maximum Gasteiger partial charge on any atom is 0.227 e. The Morgan fingerprint density at radius 1 is 1.53 bits per heavy atom. The van der Waals surface area contributed by atoms with Gasteiger partial charge in [-0.15, -0.1) is 0 Å². The molecule has 0 aliphatic carbocycles. The summed E-state index contributed by atoms with van der Waals surface area (Å²) in [6, 6.07) is 3.71. The van der Waals surface area contributed by atoms with Crippen molar-refractivity contribution in [2.45, 2.75) is 27.3 Å². The van der Waals surface area contributed by atoms with E-state index >= 15 is 0 Å². The lowest BCUT2D eigenvalue weighted by Gasteiger charge is -2.26. The minimum absolute atomic E-state index is 0.107. The van der Waals surface area contributed by atoms with Crippen molar-refractivity contribution < 1.29 is 9.21 Å². The predicted octanol–water partition coefficient (Wildman–Crippen LogP) is 1.86. The van der Waals surface area contributed by atoms with Gasteiger partial charge < -0.3 is 15.1 Å². The summed E-state index contributed by atoms with van der Waals surface area (Å²) in [6.07, 6.45) is 1.62. The predicted molar refractivity (Wildman–Crippen MR) is 67.2 cm³/mol. The molecule has 1 amide bonds. The highest BCUT2D eigenvalue weighted by atomic mass is 16.3. The molecule has 0 radical (unpaired) electrons. The zero-order chi connectivity index (χ0) is 12.8. The molecule has 0 saturated heterocycles. The fourth-order valence-corrected chi connectivity index (χ4v) is 1.83. The average Bonchev–Trinajstić information content (AvgIpc) is 2.78. The van der Waals surface area contributed by atoms with E-state index in [0.717, 1.165) is 5.76 Å². The van der Waals surface area contributed by atoms with Gasteiger partial charge in [0.25, 0.3) is 0 Å². The average molecular weight is 238 g/mol. The van der Waals surface area contributed by atoms with Crippen molar-refractivity contribution in [3.63, 3.8) is 0 Å². The maximum absolute atomic E-state index is 12.3. The second-order valence-electron chi connectivity index (χ2n) is 4.52. The molecule has 2 N–H and O–H groups in total. The van der Waals surface area contributed by atoms with E-state index in [1.165, 1.54) is 0 Å². The van der Waals surface area contributed by atoms with Crippen molar-refractivity contribution in [1.29, 1.82) is 0 Å². The number of carbonyl (C=O) groups is 1. The minimum Gasteiger partial charge on any atom is -0.467 e. The number of nitrogens with two attached hydrogens (primary N) is 1. The van der Waals surface area contributed by atoms with Crippen LogP contribution in [0.5, 0.6) is 0 Å². The Hall–Kier alpha value is -1.29. The minimum atomic E-state index is -0.107. The summed E-state index contributed by atoms with van der Waals surface area (Å²) < 4.78 is 5.26. The first-order chi connectivity index (χ1) is 8.10. The molecule has 0 aromatic carbocycles. The molecule has 0 fully saturated rings. The number of amides is 1. The fraction of sp³-hybridized carbons (Fsp3) is 0.615. The lowest BCUT2D eigenvalue weighted by Crippen LogP contribution is -2.40. The van der Waals surface area contributed by atoms with Gasteiger partial charge in [-0.25, -0.2) is 0 Å². The van der Waals surface area contributed by atoms with Crippen LogP contribution in [0.25, 0.3) is 0 Å². The highest BCUT2D eigenvalue weighted by Crippen LogP contribution is 2.15. The van der Waals surface area contributed by atoms with E-state index in [2.05, 4.69) is 0 Å². The monoisotopic (exact) mass is 238 g/mol. The van der Waals surface area contributed by atoms with E-state index in [1.807, 2.05) is 32.9 Å². The second kappa shape index (κ2) is 6.45. The third-order valence-corrected chi connectivity index (χ3v) is 3.00. The fourth-order valence-electron chi connectivity index (χ4n) is 1.83. The van der Waals surface area contributed by atoms with Crippen LogP contribution >= 0.6 is 0 Å². The molecule has 96 valence electrons. The normalized spacial score (nSPS) is 12.8. The molecule has 1 heterocycles. The Morgan fingerprint density at radius 2 is 2.24 bits per heavy atom. The number of nitrogens with zero attached hydrogens (tertiary/aromatic N) is 1. The molecule has 1 atom stereocenters. The summed E-state index contributed by atoms with van der Waals surface area (Å²) in [4.78, 5) is 14.1. The molecule has 0 aliphatic heterocycles. The van der Waals surface area contributed by atoms with Crippen LogP contribution in [0.2, 0.25) is 0 Å². The van der Waals surface area contributed by atoms with E-state index < -0.39 is 0 Å². The number of furan rings is 1. The van der Waals surface area contributed by atoms with E-state index in [1.54, 1.807) is 11.2 Å². The van der Waals surface area contributed by atoms with E-state index in [0.29, 0.717) is 19.6 Å². The molecular weight excluding hydrogens is 216 g/mol. The lowest BCUT2D eigenvalue weighted by molar-refractivity contribution is -0.137. The summed E-state index contributed by atoms with van der Waals surface area (Å²) in [6.45, 7) is 7.60. The summed E-state index contributed by atoms with van der Waals surface area (Å²) in [5, 5.41) is 0. The van der Waals surface area contributed by atoms with Gasteiger partial charge in [-0.2, -0.15) is 0 Å². The largest absolute Gasteiger partial charge is 0.467 e. The zero-order valence-corrected chi connectivity index (χ0v) is 10.8. The summed E-state index contributed by atoms with van der Waals surface area (Å²) in [5.74, 6) is 1.07. The highest BCUT2D eigenvalue weighted by molar-refractivity contribution is 5.79. The van der Waals surface area contributed by atoms with Crippen LogP contribution in [0.3, 0.4) is 0 Å². The standard InChI is InChI=1S/C13H22N2O2/c1-4-15(9-11-6-5-7-17-11)13(16)12(8-14)10(2)3/h5-7,10,12H,4,8-9,14H2,1-3H3. The molecule has 4 heteroatoms. The van der Waals surface area contributed by atoms with E-state index in [4.69, 9.17) is 10.2 Å². The van der Waals surface area contributed by atoms with Gasteiger partial charge in [0.15, 0.2) is 0 Å². The van der Waals surface area contributed by atoms with Crippen molar-refractivity contribution in [3.8, 4) is 0 Å². The third kappa shape index (κ3) is 3.60. The van der Waals surface area contributed by atoms with E-state index in [9.17, 15) is 4.79 Å². The van der Waals surface area contributed by atoms with Crippen molar-refractivity contribution in [2.24, 2.45) is 17.6 Å². The molecule has 0 aliphatic rings. The lowest BCUT2D eigenvalue weighted by atomic mass is 9.94. The molecule has 1 unspecified atom stereocenters. The van der Waals surface area contributed by atoms with Crippen LogP contribution in [-0.4, -0.2) is 23.9 Å². The van der Waals surface area contributed by atoms with Gasteiger partial charge >= 0.3 is 0 Å². The number of carbonyl (C=O) groups excluding carboxylic acids is 1. The Labute approximate surface area is 103 Å². The SMILES string of the molecule is CCN(Cc1ccco1)C(=O)C(CN)C(C)C. The number of hydrogen-bond acceptors (Lipinski definition) is 3. The Balaban J connectivity index is 2.69. The van der Waals surface area contributed by atoms with Gasteiger partial charge in [0, 0.05) is 13.1 Å². The molecular formula is C13H22N2O2. The Morgan fingerprint density at radius 3 is 2.65 bits per heavy atom. The van der Waals surface area contributed by atoms with Crippen LogP contribution in [0.1, 0.15) is 26.5 Å². The van der Waals surface area contributed by atoms with Gasteiger partial charge in [-0.3, -0.25) is 4.79 Å². The van der Waals surface area contributed by atoms with Crippen molar-refractivity contribution in [3.05, 3.63) is 24.2 Å². The van der Waals surface area contributed by atoms with Crippen LogP contribution in [-0.2, 0) is 11.3 Å². The van der Waals surface area contributed by atoms with Crippen LogP contribution in [0.15, 0.2) is 22.8 Å². The van der Waals surface area contributed by atoms with Crippen molar-refractivity contribution in [2.75, 3.05) is 13.1 Å². The summed E-state index contributed by atoms with van der Waals surface area (Å²) >= 11 is 0. The van der Waals surface area contributed by atoms with Crippen LogP contribution in [0.4, 0.5) is 0 Å². The first kappa shape index (κ1) is 13.8. The summed E-state index contributed by atoms with van der Waals surface area (Å²) in [7, 11) is 0. The molecule has 17 heavy (non-hydrogen) atoms. The van der Waals surface area contributed by atoms with E-state index in [-0.39, 0.29) is 17.7 Å². The quantitative estimate of drug-likeness (QED) is 0.823. The summed E-state index contributed by atoms with van der Waals surface area (Å²) in [5.41, 5.74) is 5.67. The second-order valence-corrected chi connectivity index (χ2v) is 4.52. The number of rotatable bonds is 6. The van der Waals surface area contributed by atoms with Crippen molar-refractivity contribution >= 4 is 5.91 Å². The van der Waals surface area contributed by atoms with Gasteiger partial charge in [-0.1, -0.05) is 13.8 Å². The topological polar surface area (TPSA) is 59.5 Å². The zero-order valence-electron chi connectivity index (χ0n) is 10.8. The molecule has 4 nitrogen and oxygen atoms in total. The Kier molecular flexibility index (Phi) is 5.22. The highest BCUT2D eigenvalue weighted by Gasteiger charge is 2.25.